The third kappa shape index (κ3) is 13.0. The van der Waals surface area contributed by atoms with Crippen LogP contribution in [0.25, 0.3) is 0 Å². The van der Waals surface area contributed by atoms with Crippen molar-refractivity contribution in [3.05, 3.63) is 0 Å². The Bertz CT molecular complexity index is 667. The molecule has 0 aliphatic carbocycles. The van der Waals surface area contributed by atoms with E-state index in [4.69, 9.17) is 28.0 Å². The highest BCUT2D eigenvalue weighted by Gasteiger charge is 2.30. The zero-order chi connectivity index (χ0) is 25.4. The van der Waals surface area contributed by atoms with Crippen molar-refractivity contribution in [2.24, 2.45) is 22.9 Å². The molecule has 0 bridgehead atoms. The summed E-state index contributed by atoms with van der Waals surface area (Å²) >= 11 is 3.85. The molecule has 0 aromatic heterocycles. The molecule has 0 aliphatic heterocycles. The summed E-state index contributed by atoms with van der Waals surface area (Å²) in [6.07, 6.45) is 2.47. The first-order valence-electron chi connectivity index (χ1n) is 10.8. The molecule has 12 N–H and O–H groups in total. The van der Waals surface area contributed by atoms with Gasteiger partial charge in [-0.05, 0) is 45.2 Å². The number of thiol groups is 1. The number of aliphatic carboxylic acids is 1. The van der Waals surface area contributed by atoms with E-state index in [0.717, 1.165) is 0 Å². The molecule has 4 unspecified atom stereocenters. The van der Waals surface area contributed by atoms with Crippen LogP contribution in [-0.2, 0) is 24.0 Å². The predicted octanol–water partition coefficient (Wildman–Crippen LogP) is -3.08. The maximum Gasteiger partial charge on any atom is 0.327 e. The number of hydrogen-bond donors (Lipinski definition) is 9. The van der Waals surface area contributed by atoms with Crippen molar-refractivity contribution in [1.82, 2.24) is 16.0 Å². The average Bonchev–Trinajstić information content (AvgIpc) is 2.75. The number of amides is 4. The number of carboxylic acids is 1. The van der Waals surface area contributed by atoms with E-state index in [1.54, 1.807) is 0 Å². The van der Waals surface area contributed by atoms with Gasteiger partial charge < -0.3 is 44.0 Å². The van der Waals surface area contributed by atoms with Crippen LogP contribution in [0.2, 0.25) is 0 Å². The topological polar surface area (TPSA) is 246 Å². The molecule has 0 rings (SSSR count). The number of nitrogens with one attached hydrogen (secondary N) is 3. The number of carbonyl (C=O) groups is 5. The van der Waals surface area contributed by atoms with Crippen molar-refractivity contribution < 1.29 is 29.1 Å². The van der Waals surface area contributed by atoms with Crippen LogP contribution in [0.1, 0.15) is 44.9 Å². The molecule has 33 heavy (non-hydrogen) atoms. The molecule has 0 fully saturated rings. The normalized spacial score (nSPS) is 14.4. The molecule has 0 saturated heterocycles. The largest absolute Gasteiger partial charge is 0.480 e. The molecule has 0 heterocycles. The minimum atomic E-state index is -1.44. The first-order valence-corrected chi connectivity index (χ1v) is 11.4. The number of rotatable bonds is 18. The van der Waals surface area contributed by atoms with E-state index in [1.807, 2.05) is 0 Å². The Morgan fingerprint density at radius 2 is 1.24 bits per heavy atom. The molecule has 4 amide bonds. The van der Waals surface area contributed by atoms with Crippen LogP contribution in [0.3, 0.4) is 0 Å². The number of nitrogens with two attached hydrogens (primary N) is 4. The zero-order valence-electron chi connectivity index (χ0n) is 18.6. The first-order chi connectivity index (χ1) is 15.6. The van der Waals surface area contributed by atoms with Crippen LogP contribution in [0.4, 0.5) is 0 Å². The summed E-state index contributed by atoms with van der Waals surface area (Å²) in [6.45, 7) is 0.853. The van der Waals surface area contributed by atoms with Crippen LogP contribution in [0, 0.1) is 0 Å². The molecule has 0 saturated carbocycles. The van der Waals surface area contributed by atoms with E-state index in [2.05, 4.69) is 28.6 Å². The molecular weight excluding hydrogens is 454 g/mol. The standard InChI is InChI=1S/C19H37N7O6S/c20-7-3-1-5-11(22)16(28)24-12(6-2-4-8-21)17(29)25-13(9-15(23)27)18(30)26-14(10-33)19(31)32/h11-14,33H,1-10,20-22H2,(H2,23,27)(H,24,28)(H,25,29)(H,26,30)(H,31,32). The van der Waals surface area contributed by atoms with Crippen molar-refractivity contribution in [2.75, 3.05) is 18.8 Å². The Morgan fingerprint density at radius 3 is 1.73 bits per heavy atom. The molecular formula is C19H37N7O6S. The molecule has 0 spiro atoms. The highest BCUT2D eigenvalue weighted by molar-refractivity contribution is 7.80. The van der Waals surface area contributed by atoms with Crippen LogP contribution < -0.4 is 38.9 Å². The molecule has 0 radical (unpaired) electrons. The number of primary amides is 1. The van der Waals surface area contributed by atoms with Gasteiger partial charge in [0, 0.05) is 5.75 Å². The van der Waals surface area contributed by atoms with Gasteiger partial charge in [0.05, 0.1) is 12.5 Å². The van der Waals surface area contributed by atoms with Gasteiger partial charge in [-0.15, -0.1) is 0 Å². The highest BCUT2D eigenvalue weighted by Crippen LogP contribution is 2.05. The van der Waals surface area contributed by atoms with Gasteiger partial charge in [0.25, 0.3) is 0 Å². The van der Waals surface area contributed by atoms with Gasteiger partial charge in [0.2, 0.25) is 23.6 Å². The summed E-state index contributed by atoms with van der Waals surface area (Å²) in [5, 5.41) is 16.2. The lowest BCUT2D eigenvalue weighted by Crippen LogP contribution is -2.58. The summed E-state index contributed by atoms with van der Waals surface area (Å²) < 4.78 is 0. The van der Waals surface area contributed by atoms with Gasteiger partial charge in [0.15, 0.2) is 0 Å². The van der Waals surface area contributed by atoms with Crippen molar-refractivity contribution in [3.8, 4) is 0 Å². The second-order valence-corrected chi connectivity index (χ2v) is 7.92. The number of carbonyl (C=O) groups excluding carboxylic acids is 4. The van der Waals surface area contributed by atoms with Crippen molar-refractivity contribution in [2.45, 2.75) is 69.1 Å². The van der Waals surface area contributed by atoms with Gasteiger partial charge in [-0.2, -0.15) is 12.6 Å². The maximum absolute atomic E-state index is 12.9. The summed E-state index contributed by atoms with van der Waals surface area (Å²) in [4.78, 5) is 60.3. The molecule has 190 valence electrons. The van der Waals surface area contributed by atoms with Crippen LogP contribution in [0.5, 0.6) is 0 Å². The average molecular weight is 492 g/mol. The molecule has 14 heteroatoms. The second kappa shape index (κ2) is 17.1. The third-order valence-corrected chi connectivity index (χ3v) is 5.09. The monoisotopic (exact) mass is 491 g/mol. The Hall–Kier alpha value is -2.42. The molecule has 0 aliphatic rings. The van der Waals surface area contributed by atoms with Gasteiger partial charge in [-0.3, -0.25) is 19.2 Å². The number of hydrogen-bond acceptors (Lipinski definition) is 9. The van der Waals surface area contributed by atoms with Crippen molar-refractivity contribution >= 4 is 42.2 Å². The second-order valence-electron chi connectivity index (χ2n) is 7.55. The van der Waals surface area contributed by atoms with E-state index < -0.39 is 60.2 Å². The fourth-order valence-corrected chi connectivity index (χ4v) is 3.07. The van der Waals surface area contributed by atoms with E-state index in [-0.39, 0.29) is 12.2 Å². The number of unbranched alkanes of at least 4 members (excludes halogenated alkanes) is 2. The highest BCUT2D eigenvalue weighted by atomic mass is 32.1. The smallest absolute Gasteiger partial charge is 0.327 e. The van der Waals surface area contributed by atoms with Gasteiger partial charge in [-0.1, -0.05) is 6.42 Å². The van der Waals surface area contributed by atoms with Crippen LogP contribution in [-0.4, -0.2) is 77.7 Å². The van der Waals surface area contributed by atoms with Gasteiger partial charge >= 0.3 is 5.97 Å². The van der Waals surface area contributed by atoms with Crippen LogP contribution in [0.15, 0.2) is 0 Å². The Labute approximate surface area is 198 Å². The first kappa shape index (κ1) is 30.6. The van der Waals surface area contributed by atoms with E-state index in [0.29, 0.717) is 45.2 Å². The van der Waals surface area contributed by atoms with E-state index in [1.165, 1.54) is 0 Å². The Kier molecular flexibility index (Phi) is 15.9. The third-order valence-electron chi connectivity index (χ3n) is 4.72. The Balaban J connectivity index is 5.36. The lowest BCUT2D eigenvalue weighted by Gasteiger charge is -2.24. The molecule has 4 atom stereocenters. The zero-order valence-corrected chi connectivity index (χ0v) is 19.5. The summed E-state index contributed by atoms with van der Waals surface area (Å²) in [5.41, 5.74) is 22.0. The lowest BCUT2D eigenvalue weighted by atomic mass is 10.0. The molecule has 0 aromatic rings. The SMILES string of the molecule is NCCCCC(N)C(=O)NC(CCCCN)C(=O)NC(CC(N)=O)C(=O)NC(CS)C(=O)O. The van der Waals surface area contributed by atoms with Crippen LogP contribution >= 0.6 is 12.6 Å². The summed E-state index contributed by atoms with van der Waals surface area (Å²) in [6, 6.07) is -4.67. The van der Waals surface area contributed by atoms with E-state index in [9.17, 15) is 24.0 Å². The molecule has 0 aromatic carbocycles. The van der Waals surface area contributed by atoms with Crippen molar-refractivity contribution in [3.63, 3.8) is 0 Å². The van der Waals surface area contributed by atoms with Gasteiger partial charge in [0.1, 0.15) is 18.1 Å². The fraction of sp³-hybridized carbons (Fsp3) is 0.737. The van der Waals surface area contributed by atoms with E-state index >= 15 is 0 Å². The quantitative estimate of drug-likeness (QED) is 0.0695. The maximum atomic E-state index is 12.9. The fourth-order valence-electron chi connectivity index (χ4n) is 2.82. The predicted molar refractivity (Wildman–Crippen MR) is 125 cm³/mol. The minimum Gasteiger partial charge on any atom is -0.480 e. The molecule has 13 nitrogen and oxygen atoms in total. The van der Waals surface area contributed by atoms with Gasteiger partial charge in [-0.25, -0.2) is 4.79 Å². The van der Waals surface area contributed by atoms with Crippen molar-refractivity contribution in [1.29, 1.82) is 0 Å². The Morgan fingerprint density at radius 1 is 0.758 bits per heavy atom. The lowest BCUT2D eigenvalue weighted by molar-refractivity contribution is -0.141. The number of carboxylic acid groups (broad SMARTS) is 1. The summed E-state index contributed by atoms with van der Waals surface area (Å²) in [5.74, 6) is -4.64. The minimum absolute atomic E-state index is 0.210. The summed E-state index contributed by atoms with van der Waals surface area (Å²) in [7, 11) is 0.